The van der Waals surface area contributed by atoms with E-state index in [0.29, 0.717) is 5.66 Å². The summed E-state index contributed by atoms with van der Waals surface area (Å²) >= 11 is 0. The third-order valence-corrected chi connectivity index (χ3v) is 0.732. The first-order valence-electron chi connectivity index (χ1n) is 1.98. The average Bonchev–Trinajstić information content (AvgIpc) is 1.86. The topological polar surface area (TPSA) is 9.23 Å². The van der Waals surface area contributed by atoms with Crippen LogP contribution in [0, 0.1) is 0 Å². The van der Waals surface area contributed by atoms with Crippen molar-refractivity contribution < 1.29 is 4.74 Å². The summed E-state index contributed by atoms with van der Waals surface area (Å²) in [6, 6.07) is 0. The van der Waals surface area contributed by atoms with Gasteiger partial charge >= 0.3 is 0 Å². The predicted molar refractivity (Wildman–Crippen MR) is 24.4 cm³/mol. The van der Waals surface area contributed by atoms with Gasteiger partial charge in [0.1, 0.15) is 0 Å². The maximum atomic E-state index is 5.17. The maximum absolute atomic E-state index is 5.17. The molecule has 2 heteroatoms. The van der Waals surface area contributed by atoms with Gasteiger partial charge in [-0.3, -0.25) is 0 Å². The molecule has 0 atom stereocenters. The molecule has 1 rings (SSSR count). The Hall–Kier alpha value is -0.395. The summed E-state index contributed by atoms with van der Waals surface area (Å²) in [4.78, 5) is 0. The minimum absolute atomic E-state index is 0.579. The highest BCUT2D eigenvalue weighted by molar-refractivity contribution is 6.20. The summed E-state index contributed by atoms with van der Waals surface area (Å²) in [5.74, 6) is 0. The summed E-state index contributed by atoms with van der Waals surface area (Å²) < 4.78 is 4.79. The molecule has 0 saturated heterocycles. The highest BCUT2D eigenvalue weighted by Gasteiger charge is 1.94. The minimum Gasteiger partial charge on any atom is -0.510 e. The first kappa shape index (κ1) is 3.78. The molecule has 0 aliphatic carbocycles. The molecule has 0 bridgehead atoms. The van der Waals surface area contributed by atoms with Gasteiger partial charge in [-0.05, 0) is 0 Å². The lowest BCUT2D eigenvalue weighted by atomic mass is 10.1. The van der Waals surface area contributed by atoms with Crippen molar-refractivity contribution in [1.82, 2.24) is 0 Å². The van der Waals surface area contributed by atoms with E-state index in [4.69, 9.17) is 12.6 Å². The van der Waals surface area contributed by atoms with Crippen molar-refractivity contribution in [3.8, 4) is 0 Å². The van der Waals surface area contributed by atoms with E-state index >= 15 is 0 Å². The van der Waals surface area contributed by atoms with Crippen LogP contribution >= 0.6 is 0 Å². The molecule has 0 aromatic rings. The molecule has 0 aromatic carbocycles. The highest BCUT2D eigenvalue weighted by atomic mass is 16.5. The highest BCUT2D eigenvalue weighted by Crippen LogP contribution is 2.02. The fraction of sp³-hybridized carbons (Fsp3) is 0.500. The number of hydrogen-bond acceptors (Lipinski definition) is 1. The van der Waals surface area contributed by atoms with E-state index in [0.717, 1.165) is 13.0 Å². The van der Waals surface area contributed by atoms with Gasteiger partial charge in [-0.25, -0.2) is 0 Å². The van der Waals surface area contributed by atoms with Crippen LogP contribution in [0.25, 0.3) is 0 Å². The van der Waals surface area contributed by atoms with Crippen molar-refractivity contribution in [2.75, 3.05) is 6.61 Å². The van der Waals surface area contributed by atoms with E-state index in [9.17, 15) is 0 Å². The van der Waals surface area contributed by atoms with E-state index in [2.05, 4.69) is 0 Å². The first-order chi connectivity index (χ1) is 2.89. The van der Waals surface area contributed by atoms with Crippen LogP contribution in [-0.4, -0.2) is 14.5 Å². The zero-order valence-corrected chi connectivity index (χ0v) is 3.48. The van der Waals surface area contributed by atoms with Gasteiger partial charge in [0.15, 0.2) is 7.85 Å². The lowest BCUT2D eigenvalue weighted by Crippen LogP contribution is -1.80. The van der Waals surface area contributed by atoms with Crippen LogP contribution in [0.4, 0.5) is 0 Å². The van der Waals surface area contributed by atoms with Crippen LogP contribution in [0.1, 0.15) is 6.42 Å². The molecule has 0 unspecified atom stereocenters. The van der Waals surface area contributed by atoms with Crippen LogP contribution in [0.3, 0.4) is 0 Å². The van der Waals surface area contributed by atoms with E-state index in [1.165, 1.54) is 0 Å². The first-order valence-corrected chi connectivity index (χ1v) is 1.98. The summed E-state index contributed by atoms with van der Waals surface area (Å²) in [6.07, 6.45) is 2.85. The minimum atomic E-state index is 0.579. The Morgan fingerprint density at radius 3 is 2.83 bits per heavy atom. The summed E-state index contributed by atoms with van der Waals surface area (Å²) in [5.41, 5.74) is 0.579. The number of ether oxygens (including phenoxy) is 1. The monoisotopic (exact) mass is 80.0 g/mol. The quantitative estimate of drug-likeness (QED) is 0.383. The molecular weight excluding hydrogens is 74.9 g/mol. The van der Waals surface area contributed by atoms with Gasteiger partial charge in [0, 0.05) is 12.1 Å². The fourth-order valence-corrected chi connectivity index (χ4v) is 0.437. The Morgan fingerprint density at radius 1 is 1.83 bits per heavy atom. The SMILES string of the molecule is [B]C1=CCCO1. The molecule has 1 heterocycles. The summed E-state index contributed by atoms with van der Waals surface area (Å²) in [5, 5.41) is 0. The molecule has 1 nitrogen and oxygen atoms in total. The Bertz CT molecular complexity index is 77.6. The Kier molecular flexibility index (Phi) is 0.865. The third kappa shape index (κ3) is 0.561. The number of hydrogen-bond donors (Lipinski definition) is 0. The van der Waals surface area contributed by atoms with Gasteiger partial charge in [-0.2, -0.15) is 0 Å². The second kappa shape index (κ2) is 1.37. The second-order valence-electron chi connectivity index (χ2n) is 1.24. The predicted octanol–water partition coefficient (Wildman–Crippen LogP) is 0.417. The van der Waals surface area contributed by atoms with Crippen molar-refractivity contribution in [2.24, 2.45) is 0 Å². The van der Waals surface area contributed by atoms with Gasteiger partial charge in [-0.15, -0.1) is 0 Å². The molecule has 0 aromatic heterocycles. The molecule has 2 radical (unpaired) electrons. The molecule has 0 saturated carbocycles. The van der Waals surface area contributed by atoms with E-state index < -0.39 is 0 Å². The molecule has 6 heavy (non-hydrogen) atoms. The van der Waals surface area contributed by atoms with Crippen molar-refractivity contribution in [1.29, 1.82) is 0 Å². The maximum Gasteiger partial charge on any atom is 0.166 e. The number of rotatable bonds is 0. The molecular formula is C4H5BO. The van der Waals surface area contributed by atoms with Gasteiger partial charge in [0.05, 0.1) is 6.61 Å². The van der Waals surface area contributed by atoms with Gasteiger partial charge in [0.2, 0.25) is 0 Å². The van der Waals surface area contributed by atoms with Crippen molar-refractivity contribution in [2.45, 2.75) is 6.42 Å². The molecule has 0 N–H and O–H groups in total. The molecule has 0 spiro atoms. The van der Waals surface area contributed by atoms with Gasteiger partial charge < -0.3 is 4.74 Å². The normalized spacial score (nSPS) is 19.7. The van der Waals surface area contributed by atoms with E-state index in [1.807, 2.05) is 6.08 Å². The Morgan fingerprint density at radius 2 is 2.67 bits per heavy atom. The Balaban J connectivity index is 2.45. The third-order valence-electron chi connectivity index (χ3n) is 0.732. The summed E-state index contributed by atoms with van der Waals surface area (Å²) in [7, 11) is 5.17. The van der Waals surface area contributed by atoms with Gasteiger partial charge in [-0.1, -0.05) is 6.08 Å². The molecule has 1 aliphatic heterocycles. The smallest absolute Gasteiger partial charge is 0.166 e. The van der Waals surface area contributed by atoms with Crippen molar-refractivity contribution >= 4 is 7.85 Å². The van der Waals surface area contributed by atoms with Gasteiger partial charge in [0.25, 0.3) is 0 Å². The summed E-state index contributed by atoms with van der Waals surface area (Å²) in [6.45, 7) is 0.770. The molecule has 0 amide bonds. The zero-order valence-electron chi connectivity index (χ0n) is 3.48. The van der Waals surface area contributed by atoms with Crippen LogP contribution < -0.4 is 0 Å². The Labute approximate surface area is 38.4 Å². The van der Waals surface area contributed by atoms with Crippen molar-refractivity contribution in [3.63, 3.8) is 0 Å². The largest absolute Gasteiger partial charge is 0.510 e. The van der Waals surface area contributed by atoms with E-state index in [-0.39, 0.29) is 0 Å². The zero-order chi connectivity index (χ0) is 4.41. The van der Waals surface area contributed by atoms with Crippen LogP contribution in [0.5, 0.6) is 0 Å². The van der Waals surface area contributed by atoms with Crippen molar-refractivity contribution in [3.05, 3.63) is 11.7 Å². The lowest BCUT2D eigenvalue weighted by Gasteiger charge is -1.90. The van der Waals surface area contributed by atoms with Crippen LogP contribution in [-0.2, 0) is 4.74 Å². The molecule has 1 aliphatic rings. The standard InChI is InChI=1S/C4H5BO/c5-4-2-1-3-6-4/h2H,1,3H2. The fourth-order valence-electron chi connectivity index (χ4n) is 0.437. The second-order valence-corrected chi connectivity index (χ2v) is 1.24. The van der Waals surface area contributed by atoms with Crippen LogP contribution in [0.15, 0.2) is 11.7 Å². The van der Waals surface area contributed by atoms with Crippen LogP contribution in [0.2, 0.25) is 0 Å². The lowest BCUT2D eigenvalue weighted by molar-refractivity contribution is 0.268. The van der Waals surface area contributed by atoms with E-state index in [1.54, 1.807) is 0 Å². The molecule has 0 fully saturated rings. The average molecular weight is 79.9 g/mol. The molecule has 30 valence electrons.